The van der Waals surface area contributed by atoms with Crippen molar-refractivity contribution < 1.29 is 4.74 Å². The topological polar surface area (TPSA) is 44.9 Å². The number of ether oxygens (including phenoxy) is 1. The van der Waals surface area contributed by atoms with E-state index in [9.17, 15) is 0 Å². The summed E-state index contributed by atoms with van der Waals surface area (Å²) in [5.74, 6) is 3.13. The molecule has 0 fully saturated rings. The Morgan fingerprint density at radius 1 is 0.720 bits per heavy atom. The molecule has 0 N–H and O–H groups in total. The predicted octanol–water partition coefficient (Wildman–Crippen LogP) is 12.0. The van der Waals surface area contributed by atoms with E-state index >= 15 is 0 Å². The van der Waals surface area contributed by atoms with Crippen molar-refractivity contribution in [2.75, 3.05) is 0 Å². The lowest BCUT2D eigenvalue weighted by atomic mass is 9.88. The van der Waals surface area contributed by atoms with E-state index < -0.39 is 0 Å². The Labute approximate surface area is 296 Å². The van der Waals surface area contributed by atoms with Gasteiger partial charge in [0, 0.05) is 40.4 Å². The summed E-state index contributed by atoms with van der Waals surface area (Å²) in [5.41, 5.74) is 10.6. The van der Waals surface area contributed by atoms with Gasteiger partial charge in [-0.15, -0.1) is 0 Å². The predicted molar refractivity (Wildman–Crippen MR) is 208 cm³/mol. The van der Waals surface area contributed by atoms with E-state index in [4.69, 9.17) is 14.8 Å². The number of hydrogen-bond acceptors (Lipinski definition) is 3. The van der Waals surface area contributed by atoms with Gasteiger partial charge in [0.2, 0.25) is 0 Å². The van der Waals surface area contributed by atoms with Crippen molar-refractivity contribution in [3.8, 4) is 34.1 Å². The van der Waals surface area contributed by atoms with Crippen LogP contribution in [0.5, 0.6) is 11.5 Å². The molecule has 0 aliphatic heterocycles. The van der Waals surface area contributed by atoms with Crippen LogP contribution < -0.4 is 4.74 Å². The first kappa shape index (κ1) is 33.3. The number of aromatic nitrogens is 4. The van der Waals surface area contributed by atoms with Crippen LogP contribution in [-0.4, -0.2) is 19.3 Å². The Morgan fingerprint density at radius 3 is 2.28 bits per heavy atom. The number of hydrogen-bond donors (Lipinski definition) is 0. The van der Waals surface area contributed by atoms with Gasteiger partial charge in [-0.2, -0.15) is 5.10 Å². The number of benzene rings is 4. The molecular weight excluding hydrogens is 613 g/mol. The lowest BCUT2D eigenvalue weighted by molar-refractivity contribution is 0.378. The second kappa shape index (κ2) is 13.6. The van der Waals surface area contributed by atoms with Gasteiger partial charge in [0.05, 0.1) is 22.4 Å². The van der Waals surface area contributed by atoms with E-state index in [1.54, 1.807) is 0 Å². The maximum atomic E-state index is 6.61. The fourth-order valence-electron chi connectivity index (χ4n) is 6.96. The van der Waals surface area contributed by atoms with Crippen LogP contribution in [-0.2, 0) is 12.8 Å². The fourth-order valence-corrected chi connectivity index (χ4v) is 6.96. The average molecular weight is 661 g/mol. The van der Waals surface area contributed by atoms with E-state index in [1.807, 2.05) is 29.1 Å². The minimum Gasteiger partial charge on any atom is -0.457 e. The number of nitrogens with zero attached hydrogens (tertiary/aromatic N) is 4. The third-order valence-corrected chi connectivity index (χ3v) is 9.67. The molecule has 5 heteroatoms. The molecule has 5 nitrogen and oxygen atoms in total. The zero-order valence-corrected chi connectivity index (χ0v) is 30.5. The summed E-state index contributed by atoms with van der Waals surface area (Å²) >= 11 is 0. The lowest BCUT2D eigenvalue weighted by Crippen LogP contribution is -2.06. The summed E-state index contributed by atoms with van der Waals surface area (Å²) in [5, 5.41) is 7.37. The van der Waals surface area contributed by atoms with Crippen LogP contribution in [0.4, 0.5) is 0 Å². The number of pyridine rings is 1. The highest BCUT2D eigenvalue weighted by Crippen LogP contribution is 2.37. The number of aryl methyl sites for hydroxylation is 3. The highest BCUT2D eigenvalue weighted by atomic mass is 16.5. The molecule has 0 unspecified atom stereocenters. The monoisotopic (exact) mass is 660 g/mol. The van der Waals surface area contributed by atoms with E-state index in [0.29, 0.717) is 5.92 Å². The quantitative estimate of drug-likeness (QED) is 0.147. The van der Waals surface area contributed by atoms with Gasteiger partial charge in [-0.05, 0) is 116 Å². The van der Waals surface area contributed by atoms with Crippen molar-refractivity contribution in [3.05, 3.63) is 132 Å². The number of rotatable bonds is 10. The summed E-state index contributed by atoms with van der Waals surface area (Å²) in [6, 6.07) is 36.5. The van der Waals surface area contributed by atoms with Gasteiger partial charge in [0.25, 0.3) is 0 Å². The SMILES string of the molecule is Cc1nn(-c2cccc(Oc3ccc4c5cc(CCC(C)(C)C)ccc5n(-c5cc(CCC(C)C)ccn5)c4c3)c2)c(C)c1-c1ccccc1. The van der Waals surface area contributed by atoms with Crippen LogP contribution in [0.15, 0.2) is 109 Å². The molecule has 0 aliphatic rings. The van der Waals surface area contributed by atoms with Crippen molar-refractivity contribution in [1.82, 2.24) is 19.3 Å². The molecule has 3 heterocycles. The molecule has 0 amide bonds. The summed E-state index contributed by atoms with van der Waals surface area (Å²) in [7, 11) is 0. The van der Waals surface area contributed by atoms with Crippen LogP contribution in [0, 0.1) is 25.2 Å². The Bertz CT molecular complexity index is 2280. The van der Waals surface area contributed by atoms with Crippen LogP contribution in [0.25, 0.3) is 44.4 Å². The Balaban J connectivity index is 1.28. The Morgan fingerprint density at radius 2 is 1.50 bits per heavy atom. The normalized spacial score (nSPS) is 12.0. The summed E-state index contributed by atoms with van der Waals surface area (Å²) in [4.78, 5) is 4.91. The third-order valence-electron chi connectivity index (χ3n) is 9.67. The molecule has 4 aromatic carbocycles. The molecule has 7 rings (SSSR count). The molecule has 3 aromatic heterocycles. The van der Waals surface area contributed by atoms with E-state index in [1.165, 1.54) is 33.0 Å². The fraction of sp³-hybridized carbons (Fsp3) is 0.289. The summed E-state index contributed by atoms with van der Waals surface area (Å²) < 4.78 is 10.9. The summed E-state index contributed by atoms with van der Waals surface area (Å²) in [6.45, 7) is 15.7. The van der Waals surface area contributed by atoms with Crippen LogP contribution in [0.3, 0.4) is 0 Å². The standard InChI is InChI=1S/C45H48N4O/c1-30(2)16-17-34-23-25-46-43(27-34)48-41-21-18-33(22-24-45(5,6)7)26-40(41)39-20-19-38(29-42(39)48)50-37-15-11-14-36(28-37)49-32(4)44(31(3)47-49)35-12-9-8-10-13-35/h8-15,18-21,23,25-30H,16-17,22,24H2,1-7H3. The summed E-state index contributed by atoms with van der Waals surface area (Å²) in [6.07, 6.45) is 6.33. The smallest absolute Gasteiger partial charge is 0.137 e. The van der Waals surface area contributed by atoms with Gasteiger partial charge in [0.15, 0.2) is 0 Å². The van der Waals surface area contributed by atoms with Gasteiger partial charge in [-0.25, -0.2) is 9.67 Å². The second-order valence-electron chi connectivity index (χ2n) is 15.3. The zero-order chi connectivity index (χ0) is 35.0. The number of fused-ring (bicyclic) bond motifs is 3. The Hall–Kier alpha value is -5.16. The van der Waals surface area contributed by atoms with Gasteiger partial charge in [0.1, 0.15) is 17.3 Å². The van der Waals surface area contributed by atoms with E-state index in [-0.39, 0.29) is 5.41 Å². The molecule has 0 saturated carbocycles. The molecule has 0 aliphatic carbocycles. The molecule has 0 spiro atoms. The minimum absolute atomic E-state index is 0.284. The molecule has 254 valence electrons. The highest BCUT2D eigenvalue weighted by Gasteiger charge is 2.18. The van der Waals surface area contributed by atoms with Gasteiger partial charge < -0.3 is 4.74 Å². The first-order chi connectivity index (χ1) is 24.0. The average Bonchev–Trinajstić information content (AvgIpc) is 3.58. The van der Waals surface area contributed by atoms with Crippen LogP contribution in [0.1, 0.15) is 70.0 Å². The van der Waals surface area contributed by atoms with Crippen molar-refractivity contribution in [3.63, 3.8) is 0 Å². The largest absolute Gasteiger partial charge is 0.457 e. The molecule has 7 aromatic rings. The zero-order valence-electron chi connectivity index (χ0n) is 30.5. The van der Waals surface area contributed by atoms with E-state index in [2.05, 4.69) is 138 Å². The first-order valence-corrected chi connectivity index (χ1v) is 18.0. The third kappa shape index (κ3) is 6.96. The molecule has 0 saturated heterocycles. The molecule has 0 bridgehead atoms. The first-order valence-electron chi connectivity index (χ1n) is 18.0. The maximum absolute atomic E-state index is 6.61. The van der Waals surface area contributed by atoms with E-state index in [0.717, 1.165) is 71.1 Å². The highest BCUT2D eigenvalue weighted by molar-refractivity contribution is 6.09. The maximum Gasteiger partial charge on any atom is 0.137 e. The second-order valence-corrected chi connectivity index (χ2v) is 15.3. The minimum atomic E-state index is 0.284. The van der Waals surface area contributed by atoms with Crippen molar-refractivity contribution in [2.45, 2.75) is 74.1 Å². The van der Waals surface area contributed by atoms with Gasteiger partial charge in [-0.1, -0.05) is 77.1 Å². The molecule has 0 atom stereocenters. The van der Waals surface area contributed by atoms with Gasteiger partial charge in [-0.3, -0.25) is 4.57 Å². The molecule has 50 heavy (non-hydrogen) atoms. The molecular formula is C45H48N4O. The lowest BCUT2D eigenvalue weighted by Gasteiger charge is -2.17. The van der Waals surface area contributed by atoms with Crippen molar-refractivity contribution >= 4 is 21.8 Å². The van der Waals surface area contributed by atoms with Crippen molar-refractivity contribution in [1.29, 1.82) is 0 Å². The van der Waals surface area contributed by atoms with Crippen LogP contribution >= 0.6 is 0 Å². The molecule has 0 radical (unpaired) electrons. The van der Waals surface area contributed by atoms with Crippen molar-refractivity contribution in [2.24, 2.45) is 11.3 Å². The van der Waals surface area contributed by atoms with Crippen LogP contribution in [0.2, 0.25) is 0 Å². The Kier molecular flexibility index (Phi) is 9.09. The van der Waals surface area contributed by atoms with Gasteiger partial charge >= 0.3 is 0 Å².